The fourth-order valence-electron chi connectivity index (χ4n) is 1.58. The van der Waals surface area contributed by atoms with Gasteiger partial charge in [0, 0.05) is 19.7 Å². The van der Waals surface area contributed by atoms with E-state index in [1.165, 1.54) is 31.4 Å². The van der Waals surface area contributed by atoms with Gasteiger partial charge in [0.15, 0.2) is 6.61 Å². The number of carboxylic acids is 1. The molecule has 0 aliphatic heterocycles. The maximum absolute atomic E-state index is 11.9. The molecule has 1 rings (SSSR count). The predicted octanol–water partition coefficient (Wildman–Crippen LogP) is 0.533. The molecule has 0 fully saturated rings. The highest BCUT2D eigenvalue weighted by molar-refractivity contribution is 5.82. The van der Waals surface area contributed by atoms with Gasteiger partial charge in [0.05, 0.1) is 17.6 Å². The molecule has 1 aromatic rings. The minimum atomic E-state index is -1.15. The van der Waals surface area contributed by atoms with Crippen LogP contribution in [0.15, 0.2) is 24.3 Å². The van der Waals surface area contributed by atoms with Crippen LogP contribution in [0.25, 0.3) is 0 Å². The molecule has 1 aromatic carbocycles. The summed E-state index contributed by atoms with van der Waals surface area (Å²) in [5, 5.41) is 19.4. The number of ether oxygens (including phenoxy) is 2. The standard InChI is InChI=1S/C13H16N2O7/c1-21-6-5-14(8-13(17)18)12(16)9-22-11-4-2-3-10(7-11)15(19)20/h2-4,7H,5-6,8-9H2,1H3,(H,17,18). The number of nitro benzene ring substituents is 1. The number of methoxy groups -OCH3 is 1. The second-order valence-electron chi connectivity index (χ2n) is 4.24. The summed E-state index contributed by atoms with van der Waals surface area (Å²) < 4.78 is 9.98. The lowest BCUT2D eigenvalue weighted by Gasteiger charge is -2.20. The Morgan fingerprint density at radius 2 is 2.14 bits per heavy atom. The van der Waals surface area contributed by atoms with Crippen molar-refractivity contribution in [2.75, 3.05) is 33.4 Å². The van der Waals surface area contributed by atoms with E-state index in [4.69, 9.17) is 14.6 Å². The van der Waals surface area contributed by atoms with E-state index in [9.17, 15) is 19.7 Å². The topological polar surface area (TPSA) is 119 Å². The van der Waals surface area contributed by atoms with Crippen LogP contribution in [-0.2, 0) is 14.3 Å². The van der Waals surface area contributed by atoms with Gasteiger partial charge in [-0.05, 0) is 6.07 Å². The number of hydrogen-bond donors (Lipinski definition) is 1. The van der Waals surface area contributed by atoms with Crippen LogP contribution in [0, 0.1) is 10.1 Å². The lowest BCUT2D eigenvalue weighted by Crippen LogP contribution is -2.40. The van der Waals surface area contributed by atoms with Crippen molar-refractivity contribution >= 4 is 17.6 Å². The Bertz CT molecular complexity index is 547. The lowest BCUT2D eigenvalue weighted by molar-refractivity contribution is -0.384. The maximum Gasteiger partial charge on any atom is 0.323 e. The van der Waals surface area contributed by atoms with Gasteiger partial charge in [-0.1, -0.05) is 6.07 Å². The molecule has 0 heterocycles. The van der Waals surface area contributed by atoms with Crippen molar-refractivity contribution in [2.45, 2.75) is 0 Å². The number of nitro groups is 1. The Hall–Kier alpha value is -2.68. The number of carbonyl (C=O) groups is 2. The third kappa shape index (κ3) is 5.75. The molecule has 0 aromatic heterocycles. The minimum absolute atomic E-state index is 0.111. The Morgan fingerprint density at radius 1 is 1.41 bits per heavy atom. The number of carbonyl (C=O) groups excluding carboxylic acids is 1. The summed E-state index contributed by atoms with van der Waals surface area (Å²) in [5.41, 5.74) is -0.160. The molecule has 0 saturated carbocycles. The van der Waals surface area contributed by atoms with Crippen molar-refractivity contribution in [1.29, 1.82) is 0 Å². The normalized spacial score (nSPS) is 10.0. The van der Waals surface area contributed by atoms with E-state index >= 15 is 0 Å². The van der Waals surface area contributed by atoms with Gasteiger partial charge in [-0.3, -0.25) is 19.7 Å². The summed E-state index contributed by atoms with van der Waals surface area (Å²) in [4.78, 5) is 33.8. The van der Waals surface area contributed by atoms with Crippen LogP contribution in [0.5, 0.6) is 5.75 Å². The van der Waals surface area contributed by atoms with Crippen LogP contribution in [0.3, 0.4) is 0 Å². The van der Waals surface area contributed by atoms with E-state index in [-0.39, 0.29) is 24.6 Å². The average Bonchev–Trinajstić information content (AvgIpc) is 2.49. The molecule has 120 valence electrons. The molecule has 0 saturated heterocycles. The fraction of sp³-hybridized carbons (Fsp3) is 0.385. The van der Waals surface area contributed by atoms with Crippen LogP contribution < -0.4 is 4.74 Å². The van der Waals surface area contributed by atoms with Gasteiger partial charge in [0.2, 0.25) is 0 Å². The number of aliphatic carboxylic acids is 1. The smallest absolute Gasteiger partial charge is 0.323 e. The third-order valence-electron chi connectivity index (χ3n) is 2.63. The predicted molar refractivity (Wildman–Crippen MR) is 74.7 cm³/mol. The highest BCUT2D eigenvalue weighted by Gasteiger charge is 2.17. The molecule has 0 atom stereocenters. The second kappa shape index (κ2) is 8.57. The Labute approximate surface area is 126 Å². The number of hydrogen-bond acceptors (Lipinski definition) is 6. The van der Waals surface area contributed by atoms with Crippen LogP contribution in [0.1, 0.15) is 0 Å². The van der Waals surface area contributed by atoms with Gasteiger partial charge in [0.1, 0.15) is 12.3 Å². The van der Waals surface area contributed by atoms with Crippen molar-refractivity contribution in [3.05, 3.63) is 34.4 Å². The van der Waals surface area contributed by atoms with E-state index in [1.54, 1.807) is 0 Å². The monoisotopic (exact) mass is 312 g/mol. The first kappa shape index (κ1) is 17.4. The van der Waals surface area contributed by atoms with E-state index in [0.29, 0.717) is 0 Å². The first-order valence-electron chi connectivity index (χ1n) is 6.29. The number of benzene rings is 1. The number of non-ortho nitro benzene ring substituents is 1. The molecule has 1 amide bonds. The SMILES string of the molecule is COCCN(CC(=O)O)C(=O)COc1cccc([N+](=O)[O-])c1. The summed E-state index contributed by atoms with van der Waals surface area (Å²) in [6, 6.07) is 5.38. The molecular formula is C13H16N2O7. The summed E-state index contributed by atoms with van der Waals surface area (Å²) in [5.74, 6) is -1.55. The third-order valence-corrected chi connectivity index (χ3v) is 2.63. The maximum atomic E-state index is 11.9. The zero-order chi connectivity index (χ0) is 16.5. The van der Waals surface area contributed by atoms with Crippen LogP contribution in [0.4, 0.5) is 5.69 Å². The zero-order valence-corrected chi connectivity index (χ0v) is 11.9. The first-order valence-corrected chi connectivity index (χ1v) is 6.29. The van der Waals surface area contributed by atoms with Gasteiger partial charge in [0.25, 0.3) is 11.6 Å². The summed E-state index contributed by atoms with van der Waals surface area (Å²) in [7, 11) is 1.43. The second-order valence-corrected chi connectivity index (χ2v) is 4.24. The number of rotatable bonds is 9. The molecule has 1 N–H and O–H groups in total. The summed E-state index contributed by atoms with van der Waals surface area (Å²) in [6.07, 6.45) is 0. The molecule has 9 heteroatoms. The molecule has 0 radical (unpaired) electrons. The molecule has 0 unspecified atom stereocenters. The average molecular weight is 312 g/mol. The first-order chi connectivity index (χ1) is 10.4. The highest BCUT2D eigenvalue weighted by atomic mass is 16.6. The van der Waals surface area contributed by atoms with Crippen molar-refractivity contribution in [2.24, 2.45) is 0 Å². The van der Waals surface area contributed by atoms with Gasteiger partial charge in [-0.2, -0.15) is 0 Å². The van der Waals surface area contributed by atoms with E-state index in [1.807, 2.05) is 0 Å². The summed E-state index contributed by atoms with van der Waals surface area (Å²) >= 11 is 0. The highest BCUT2D eigenvalue weighted by Crippen LogP contribution is 2.19. The van der Waals surface area contributed by atoms with Crippen molar-refractivity contribution in [3.8, 4) is 5.75 Å². The van der Waals surface area contributed by atoms with Gasteiger partial charge in [-0.15, -0.1) is 0 Å². The zero-order valence-electron chi connectivity index (χ0n) is 11.9. The Morgan fingerprint density at radius 3 is 2.73 bits per heavy atom. The van der Waals surface area contributed by atoms with Gasteiger partial charge < -0.3 is 19.5 Å². The molecule has 0 aliphatic carbocycles. The summed E-state index contributed by atoms with van der Waals surface area (Å²) in [6.45, 7) is -0.589. The van der Waals surface area contributed by atoms with Gasteiger partial charge >= 0.3 is 5.97 Å². The largest absolute Gasteiger partial charge is 0.484 e. The van der Waals surface area contributed by atoms with E-state index in [0.717, 1.165) is 4.90 Å². The minimum Gasteiger partial charge on any atom is -0.484 e. The lowest BCUT2D eigenvalue weighted by atomic mass is 10.3. The number of carboxylic acid groups (broad SMARTS) is 1. The van der Waals surface area contributed by atoms with Crippen molar-refractivity contribution in [3.63, 3.8) is 0 Å². The molecule has 9 nitrogen and oxygen atoms in total. The number of nitrogens with zero attached hydrogens (tertiary/aromatic N) is 2. The van der Waals surface area contributed by atoms with Crippen LogP contribution >= 0.6 is 0 Å². The molecule has 0 aliphatic rings. The molecular weight excluding hydrogens is 296 g/mol. The molecule has 0 spiro atoms. The Kier molecular flexibility index (Phi) is 6.77. The molecule has 0 bridgehead atoms. The molecule has 22 heavy (non-hydrogen) atoms. The van der Waals surface area contributed by atoms with E-state index in [2.05, 4.69) is 0 Å². The van der Waals surface area contributed by atoms with Crippen molar-refractivity contribution in [1.82, 2.24) is 4.90 Å². The van der Waals surface area contributed by atoms with Crippen LogP contribution in [0.2, 0.25) is 0 Å². The van der Waals surface area contributed by atoms with Gasteiger partial charge in [-0.25, -0.2) is 0 Å². The quantitative estimate of drug-likeness (QED) is 0.522. The fourth-order valence-corrected chi connectivity index (χ4v) is 1.58. The Balaban J connectivity index is 2.63. The van der Waals surface area contributed by atoms with Crippen molar-refractivity contribution < 1.29 is 29.1 Å². The van der Waals surface area contributed by atoms with E-state index < -0.39 is 30.0 Å². The number of amides is 1. The van der Waals surface area contributed by atoms with Crippen LogP contribution in [-0.4, -0.2) is 60.2 Å².